The molecule has 0 fully saturated rings. The molecule has 39 heavy (non-hydrogen) atoms. The van der Waals surface area contributed by atoms with Gasteiger partial charge in [-0.25, -0.2) is 0 Å². The molecule has 1 aliphatic rings. The minimum Gasteiger partial charge on any atom is -0.299 e. The van der Waals surface area contributed by atoms with E-state index in [4.69, 9.17) is 0 Å². The highest BCUT2D eigenvalue weighted by Crippen LogP contribution is 2.38. The van der Waals surface area contributed by atoms with Crippen LogP contribution in [0.2, 0.25) is 0 Å². The van der Waals surface area contributed by atoms with E-state index in [1.54, 1.807) is 0 Å². The standard InChI is InChI=1S/C33H52O3.C3H8/c1-9-12-26(28(10-2)30(35)20-27(34)21-33(6,7)8)17-24-18-29-25(14-11-13-22(3)4)16-15-23(5)32(29)31(36)19-24;1-3-2/h15-16,22,24,26,28H,9-14,17-21H2,1-8H3;3H2,1-2H3. The van der Waals surface area contributed by atoms with E-state index in [0.29, 0.717) is 18.8 Å². The molecular weight excluding hydrogens is 480 g/mol. The number of aryl methyl sites for hydroxylation is 2. The molecule has 0 saturated heterocycles. The number of carbonyl (C=O) groups is 3. The summed E-state index contributed by atoms with van der Waals surface area (Å²) in [5.74, 6) is 1.56. The molecule has 0 aliphatic heterocycles. The van der Waals surface area contributed by atoms with E-state index >= 15 is 0 Å². The number of rotatable bonds is 14. The van der Waals surface area contributed by atoms with Gasteiger partial charge in [-0.15, -0.1) is 0 Å². The molecule has 0 saturated carbocycles. The van der Waals surface area contributed by atoms with Gasteiger partial charge in [0.2, 0.25) is 0 Å². The number of hydrogen-bond donors (Lipinski definition) is 0. The van der Waals surface area contributed by atoms with Crippen molar-refractivity contribution >= 4 is 17.3 Å². The second-order valence-corrected chi connectivity index (χ2v) is 13.8. The van der Waals surface area contributed by atoms with Crippen molar-refractivity contribution in [2.45, 2.75) is 146 Å². The molecule has 0 spiro atoms. The lowest BCUT2D eigenvalue weighted by atomic mass is 9.71. The maximum absolute atomic E-state index is 13.3. The Morgan fingerprint density at radius 1 is 1.00 bits per heavy atom. The van der Waals surface area contributed by atoms with Crippen LogP contribution in [0.5, 0.6) is 0 Å². The third-order valence-corrected chi connectivity index (χ3v) is 7.91. The summed E-state index contributed by atoms with van der Waals surface area (Å²) in [5, 5.41) is 0. The predicted octanol–water partition coefficient (Wildman–Crippen LogP) is 9.93. The Hall–Kier alpha value is -1.77. The lowest BCUT2D eigenvalue weighted by Gasteiger charge is -2.32. The predicted molar refractivity (Wildman–Crippen MR) is 167 cm³/mol. The van der Waals surface area contributed by atoms with Crippen molar-refractivity contribution in [3.05, 3.63) is 34.4 Å². The first-order valence-corrected chi connectivity index (χ1v) is 16.0. The molecular formula is C36H60O3. The van der Waals surface area contributed by atoms with E-state index in [0.717, 1.165) is 56.1 Å². The van der Waals surface area contributed by atoms with Crippen LogP contribution in [-0.4, -0.2) is 17.3 Å². The van der Waals surface area contributed by atoms with Crippen LogP contribution in [0, 0.1) is 36.0 Å². The minimum absolute atomic E-state index is 0.0572. The summed E-state index contributed by atoms with van der Waals surface area (Å²) < 4.78 is 0. The van der Waals surface area contributed by atoms with Crippen LogP contribution >= 0.6 is 0 Å². The van der Waals surface area contributed by atoms with E-state index in [2.05, 4.69) is 60.6 Å². The Morgan fingerprint density at radius 2 is 1.64 bits per heavy atom. The zero-order valence-electron chi connectivity index (χ0n) is 27.2. The van der Waals surface area contributed by atoms with Crippen LogP contribution in [0.1, 0.15) is 154 Å². The molecule has 0 N–H and O–H groups in total. The average molecular weight is 541 g/mol. The third kappa shape index (κ3) is 12.1. The van der Waals surface area contributed by atoms with E-state index in [1.807, 2.05) is 20.8 Å². The van der Waals surface area contributed by atoms with Crippen LogP contribution in [0.25, 0.3) is 0 Å². The average Bonchev–Trinajstić information content (AvgIpc) is 2.80. The summed E-state index contributed by atoms with van der Waals surface area (Å²) in [7, 11) is 0. The van der Waals surface area contributed by atoms with Gasteiger partial charge in [0.25, 0.3) is 0 Å². The van der Waals surface area contributed by atoms with Gasteiger partial charge in [-0.05, 0) is 78.9 Å². The summed E-state index contributed by atoms with van der Waals surface area (Å²) in [4.78, 5) is 39.2. The third-order valence-electron chi connectivity index (χ3n) is 7.91. The van der Waals surface area contributed by atoms with E-state index in [1.165, 1.54) is 24.0 Å². The summed E-state index contributed by atoms with van der Waals surface area (Å²) in [5.41, 5.74) is 4.59. The van der Waals surface area contributed by atoms with Crippen molar-refractivity contribution in [1.29, 1.82) is 0 Å². The van der Waals surface area contributed by atoms with Crippen molar-refractivity contribution in [2.24, 2.45) is 29.1 Å². The first-order chi connectivity index (χ1) is 18.3. The maximum Gasteiger partial charge on any atom is 0.163 e. The van der Waals surface area contributed by atoms with Gasteiger partial charge in [0, 0.05) is 24.3 Å². The summed E-state index contributed by atoms with van der Waals surface area (Å²) in [6.45, 7) is 21.2. The number of hydrogen-bond acceptors (Lipinski definition) is 3. The molecule has 0 aromatic heterocycles. The van der Waals surface area contributed by atoms with E-state index in [9.17, 15) is 14.4 Å². The van der Waals surface area contributed by atoms with Gasteiger partial charge < -0.3 is 0 Å². The number of Topliss-reactive ketones (excluding diaryl/α,β-unsaturated/α-hetero) is 3. The molecule has 0 bridgehead atoms. The molecule has 3 heteroatoms. The molecule has 3 unspecified atom stereocenters. The smallest absolute Gasteiger partial charge is 0.163 e. The first kappa shape index (κ1) is 35.3. The molecule has 0 radical (unpaired) electrons. The van der Waals surface area contributed by atoms with E-state index in [-0.39, 0.29) is 46.9 Å². The topological polar surface area (TPSA) is 51.2 Å². The fourth-order valence-electron chi connectivity index (χ4n) is 6.34. The van der Waals surface area contributed by atoms with Crippen molar-refractivity contribution in [3.63, 3.8) is 0 Å². The van der Waals surface area contributed by atoms with Crippen LogP contribution in [-0.2, 0) is 22.4 Å². The molecule has 2 rings (SSSR count). The molecule has 3 atom stereocenters. The number of carbonyl (C=O) groups excluding carboxylic acids is 3. The van der Waals surface area contributed by atoms with Gasteiger partial charge in [-0.3, -0.25) is 14.4 Å². The van der Waals surface area contributed by atoms with Crippen LogP contribution in [0.4, 0.5) is 0 Å². The minimum atomic E-state index is -0.0945. The lowest BCUT2D eigenvalue weighted by Crippen LogP contribution is -2.30. The zero-order valence-corrected chi connectivity index (χ0v) is 27.2. The zero-order chi connectivity index (χ0) is 29.8. The molecule has 0 amide bonds. The van der Waals surface area contributed by atoms with Crippen molar-refractivity contribution < 1.29 is 14.4 Å². The van der Waals surface area contributed by atoms with Gasteiger partial charge in [-0.2, -0.15) is 0 Å². The maximum atomic E-state index is 13.3. The lowest BCUT2D eigenvalue weighted by molar-refractivity contribution is -0.131. The van der Waals surface area contributed by atoms with Gasteiger partial charge in [0.1, 0.15) is 11.6 Å². The second-order valence-electron chi connectivity index (χ2n) is 13.8. The van der Waals surface area contributed by atoms with Crippen LogP contribution in [0.15, 0.2) is 12.1 Å². The molecule has 0 heterocycles. The van der Waals surface area contributed by atoms with Gasteiger partial charge >= 0.3 is 0 Å². The quantitative estimate of drug-likeness (QED) is 0.221. The van der Waals surface area contributed by atoms with Gasteiger partial charge in [-0.1, -0.05) is 100 Å². The fraction of sp³-hybridized carbons (Fsp3) is 0.750. The summed E-state index contributed by atoms with van der Waals surface area (Å²) in [6, 6.07) is 4.37. The largest absolute Gasteiger partial charge is 0.299 e. The molecule has 1 aromatic carbocycles. The summed E-state index contributed by atoms with van der Waals surface area (Å²) in [6.07, 6.45) is 10.3. The second kappa shape index (κ2) is 17.1. The molecule has 222 valence electrons. The Bertz CT molecular complexity index is 918. The normalized spacial score (nSPS) is 16.8. The monoisotopic (exact) mass is 540 g/mol. The van der Waals surface area contributed by atoms with Crippen molar-refractivity contribution in [1.82, 2.24) is 0 Å². The number of ketones is 3. The summed E-state index contributed by atoms with van der Waals surface area (Å²) >= 11 is 0. The van der Waals surface area contributed by atoms with E-state index < -0.39 is 0 Å². The van der Waals surface area contributed by atoms with Gasteiger partial charge in [0.05, 0.1) is 6.42 Å². The SMILES string of the molecule is CCC.CCCC(CC1CC(=O)c2c(C)ccc(CCCC(C)C)c2C1)C(CC)C(=O)CC(=O)CC(C)(C)C. The highest BCUT2D eigenvalue weighted by molar-refractivity contribution is 6.01. The van der Waals surface area contributed by atoms with Crippen LogP contribution in [0.3, 0.4) is 0 Å². The Balaban J connectivity index is 0.00000242. The highest BCUT2D eigenvalue weighted by Gasteiger charge is 2.34. The fourth-order valence-corrected chi connectivity index (χ4v) is 6.34. The number of fused-ring (bicyclic) bond motifs is 1. The van der Waals surface area contributed by atoms with Crippen molar-refractivity contribution in [3.8, 4) is 0 Å². The number of benzene rings is 1. The van der Waals surface area contributed by atoms with Gasteiger partial charge in [0.15, 0.2) is 5.78 Å². The first-order valence-electron chi connectivity index (χ1n) is 16.0. The Kier molecular flexibility index (Phi) is 15.5. The Morgan fingerprint density at radius 3 is 2.18 bits per heavy atom. The highest BCUT2D eigenvalue weighted by atomic mass is 16.1. The Labute approximate surface area is 241 Å². The van der Waals surface area contributed by atoms with Crippen LogP contribution < -0.4 is 0 Å². The molecule has 1 aromatic rings. The molecule has 3 nitrogen and oxygen atoms in total. The molecule has 1 aliphatic carbocycles. The van der Waals surface area contributed by atoms with Crippen molar-refractivity contribution in [2.75, 3.05) is 0 Å².